The first-order valence-electron chi connectivity index (χ1n) is 4.31. The number of aliphatic hydroxyl groups excluding tert-OH is 1. The lowest BCUT2D eigenvalue weighted by Gasteiger charge is -2.14. The molecule has 4 N–H and O–H groups in total. The molecule has 0 radical (unpaired) electrons. The zero-order valence-electron chi connectivity index (χ0n) is 7.63. The SMILES string of the molecule is N[C@@H](C(=O)O)C(O)Cc1ccccc1. The molecule has 0 fully saturated rings. The van der Waals surface area contributed by atoms with E-state index in [2.05, 4.69) is 0 Å². The van der Waals surface area contributed by atoms with Gasteiger partial charge in [0.2, 0.25) is 0 Å². The monoisotopic (exact) mass is 195 g/mol. The molecule has 0 aliphatic heterocycles. The fourth-order valence-electron chi connectivity index (χ4n) is 1.15. The van der Waals surface area contributed by atoms with Crippen LogP contribution in [-0.2, 0) is 11.2 Å². The van der Waals surface area contributed by atoms with Crippen LogP contribution in [0.25, 0.3) is 0 Å². The molecule has 2 atom stereocenters. The summed E-state index contributed by atoms with van der Waals surface area (Å²) in [7, 11) is 0. The lowest BCUT2D eigenvalue weighted by molar-refractivity contribution is -0.141. The van der Waals surface area contributed by atoms with Crippen LogP contribution in [0.3, 0.4) is 0 Å². The normalized spacial score (nSPS) is 14.7. The Balaban J connectivity index is 2.57. The molecular weight excluding hydrogens is 182 g/mol. The van der Waals surface area contributed by atoms with Crippen LogP contribution >= 0.6 is 0 Å². The number of hydrogen-bond acceptors (Lipinski definition) is 3. The maximum Gasteiger partial charge on any atom is 0.323 e. The Labute approximate surface area is 82.0 Å². The van der Waals surface area contributed by atoms with Crippen LogP contribution in [-0.4, -0.2) is 28.3 Å². The van der Waals surface area contributed by atoms with Gasteiger partial charge in [-0.1, -0.05) is 30.3 Å². The summed E-state index contributed by atoms with van der Waals surface area (Å²) in [6, 6.07) is 7.92. The van der Waals surface area contributed by atoms with E-state index in [1.54, 1.807) is 0 Å². The van der Waals surface area contributed by atoms with Crippen LogP contribution in [0.1, 0.15) is 5.56 Å². The van der Waals surface area contributed by atoms with E-state index in [1.807, 2.05) is 30.3 Å². The van der Waals surface area contributed by atoms with Gasteiger partial charge in [-0.2, -0.15) is 0 Å². The molecule has 0 amide bonds. The fourth-order valence-corrected chi connectivity index (χ4v) is 1.15. The van der Waals surface area contributed by atoms with Gasteiger partial charge < -0.3 is 15.9 Å². The number of nitrogens with two attached hydrogens (primary N) is 1. The highest BCUT2D eigenvalue weighted by Crippen LogP contribution is 2.04. The molecule has 4 heteroatoms. The Bertz CT molecular complexity index is 299. The summed E-state index contributed by atoms with van der Waals surface area (Å²) in [5.74, 6) is -1.19. The van der Waals surface area contributed by atoms with E-state index < -0.39 is 18.1 Å². The van der Waals surface area contributed by atoms with Gasteiger partial charge in [0.15, 0.2) is 0 Å². The van der Waals surface area contributed by atoms with Gasteiger partial charge in [0.1, 0.15) is 6.04 Å². The maximum absolute atomic E-state index is 10.4. The van der Waals surface area contributed by atoms with E-state index in [-0.39, 0.29) is 6.42 Å². The summed E-state index contributed by atoms with van der Waals surface area (Å²) in [4.78, 5) is 10.4. The van der Waals surface area contributed by atoms with Crippen molar-refractivity contribution in [3.63, 3.8) is 0 Å². The van der Waals surface area contributed by atoms with Gasteiger partial charge in [-0.3, -0.25) is 4.79 Å². The molecule has 1 aromatic carbocycles. The zero-order chi connectivity index (χ0) is 10.6. The number of rotatable bonds is 4. The van der Waals surface area contributed by atoms with Crippen molar-refractivity contribution >= 4 is 5.97 Å². The summed E-state index contributed by atoms with van der Waals surface area (Å²) in [6.45, 7) is 0. The summed E-state index contributed by atoms with van der Waals surface area (Å²) in [5.41, 5.74) is 6.13. The van der Waals surface area contributed by atoms with Crippen molar-refractivity contribution in [2.45, 2.75) is 18.6 Å². The second-order valence-electron chi connectivity index (χ2n) is 3.12. The van der Waals surface area contributed by atoms with E-state index in [9.17, 15) is 9.90 Å². The minimum absolute atomic E-state index is 0.258. The summed E-state index contributed by atoms with van der Waals surface area (Å²) < 4.78 is 0. The molecule has 0 saturated carbocycles. The average Bonchev–Trinajstić information content (AvgIpc) is 2.18. The minimum atomic E-state index is -1.23. The fraction of sp³-hybridized carbons (Fsp3) is 0.300. The molecule has 0 saturated heterocycles. The van der Waals surface area contributed by atoms with Crippen molar-refractivity contribution in [2.75, 3.05) is 0 Å². The molecule has 1 aromatic rings. The quantitative estimate of drug-likeness (QED) is 0.631. The zero-order valence-corrected chi connectivity index (χ0v) is 7.63. The van der Waals surface area contributed by atoms with Crippen LogP contribution in [0.5, 0.6) is 0 Å². The van der Waals surface area contributed by atoms with Crippen molar-refractivity contribution in [1.29, 1.82) is 0 Å². The topological polar surface area (TPSA) is 83.6 Å². The highest BCUT2D eigenvalue weighted by atomic mass is 16.4. The third-order valence-corrected chi connectivity index (χ3v) is 1.99. The Morgan fingerprint density at radius 2 is 1.93 bits per heavy atom. The van der Waals surface area contributed by atoms with E-state index in [1.165, 1.54) is 0 Å². The van der Waals surface area contributed by atoms with Crippen LogP contribution < -0.4 is 5.73 Å². The van der Waals surface area contributed by atoms with Crippen LogP contribution in [0, 0.1) is 0 Å². The Morgan fingerprint density at radius 1 is 1.36 bits per heavy atom. The molecule has 0 aliphatic rings. The van der Waals surface area contributed by atoms with Gasteiger partial charge in [-0.15, -0.1) is 0 Å². The lowest BCUT2D eigenvalue weighted by atomic mass is 10.0. The smallest absolute Gasteiger partial charge is 0.323 e. The molecule has 4 nitrogen and oxygen atoms in total. The Hall–Kier alpha value is -1.39. The molecule has 0 aliphatic carbocycles. The lowest BCUT2D eigenvalue weighted by Crippen LogP contribution is -2.42. The van der Waals surface area contributed by atoms with Crippen LogP contribution in [0.4, 0.5) is 0 Å². The second kappa shape index (κ2) is 4.74. The molecule has 0 spiro atoms. The summed E-state index contributed by atoms with van der Waals surface area (Å²) in [5, 5.41) is 18.0. The molecule has 14 heavy (non-hydrogen) atoms. The van der Waals surface area contributed by atoms with Gasteiger partial charge in [0.25, 0.3) is 0 Å². The Morgan fingerprint density at radius 3 is 2.43 bits per heavy atom. The first kappa shape index (κ1) is 10.7. The second-order valence-corrected chi connectivity index (χ2v) is 3.12. The number of hydrogen-bond donors (Lipinski definition) is 3. The van der Waals surface area contributed by atoms with E-state index in [0.717, 1.165) is 5.56 Å². The van der Waals surface area contributed by atoms with Crippen molar-refractivity contribution < 1.29 is 15.0 Å². The van der Waals surface area contributed by atoms with Crippen molar-refractivity contribution in [3.05, 3.63) is 35.9 Å². The van der Waals surface area contributed by atoms with Gasteiger partial charge in [0.05, 0.1) is 6.10 Å². The molecular formula is C10H13NO3. The highest BCUT2D eigenvalue weighted by molar-refractivity contribution is 5.73. The maximum atomic E-state index is 10.4. The molecule has 0 bridgehead atoms. The van der Waals surface area contributed by atoms with Crippen molar-refractivity contribution in [1.82, 2.24) is 0 Å². The number of carboxylic acid groups (broad SMARTS) is 1. The first-order valence-corrected chi connectivity index (χ1v) is 4.31. The van der Waals surface area contributed by atoms with E-state index >= 15 is 0 Å². The highest BCUT2D eigenvalue weighted by Gasteiger charge is 2.21. The van der Waals surface area contributed by atoms with Gasteiger partial charge in [-0.05, 0) is 5.56 Å². The predicted octanol–water partition coefficient (Wildman–Crippen LogP) is 0.00190. The third kappa shape index (κ3) is 2.83. The third-order valence-electron chi connectivity index (χ3n) is 1.99. The summed E-state index contributed by atoms with van der Waals surface area (Å²) in [6.07, 6.45) is -0.788. The van der Waals surface area contributed by atoms with Crippen molar-refractivity contribution in [3.8, 4) is 0 Å². The number of carbonyl (C=O) groups is 1. The Kier molecular flexibility index (Phi) is 3.62. The van der Waals surface area contributed by atoms with Gasteiger partial charge >= 0.3 is 5.97 Å². The predicted molar refractivity (Wildman–Crippen MR) is 51.8 cm³/mol. The summed E-state index contributed by atoms with van der Waals surface area (Å²) >= 11 is 0. The number of aliphatic hydroxyl groups is 1. The number of carboxylic acids is 1. The molecule has 0 heterocycles. The van der Waals surface area contributed by atoms with Gasteiger partial charge in [0, 0.05) is 6.42 Å². The number of aliphatic carboxylic acids is 1. The first-order chi connectivity index (χ1) is 6.61. The van der Waals surface area contributed by atoms with Gasteiger partial charge in [-0.25, -0.2) is 0 Å². The standard InChI is InChI=1S/C10H13NO3/c11-9(10(13)14)8(12)6-7-4-2-1-3-5-7/h1-5,8-9,12H,6,11H2,(H,13,14)/t8?,9-/m1/s1. The minimum Gasteiger partial charge on any atom is -0.480 e. The number of benzene rings is 1. The molecule has 76 valence electrons. The van der Waals surface area contributed by atoms with Crippen molar-refractivity contribution in [2.24, 2.45) is 5.73 Å². The van der Waals surface area contributed by atoms with E-state index in [4.69, 9.17) is 10.8 Å². The molecule has 1 rings (SSSR count). The average molecular weight is 195 g/mol. The van der Waals surface area contributed by atoms with Crippen LogP contribution in [0.15, 0.2) is 30.3 Å². The molecule has 0 aromatic heterocycles. The van der Waals surface area contributed by atoms with E-state index in [0.29, 0.717) is 0 Å². The molecule has 1 unspecified atom stereocenters. The largest absolute Gasteiger partial charge is 0.480 e. The van der Waals surface area contributed by atoms with Crippen LogP contribution in [0.2, 0.25) is 0 Å².